The second-order valence-electron chi connectivity index (χ2n) is 6.85. The summed E-state index contributed by atoms with van der Waals surface area (Å²) in [6.07, 6.45) is 1.87. The number of aromatic nitrogens is 1. The number of benzene rings is 1. The number of thiophene rings is 1. The monoisotopic (exact) mass is 502 g/mol. The average molecular weight is 503 g/mol. The zero-order valence-corrected chi connectivity index (χ0v) is 19.9. The molecule has 1 aromatic carbocycles. The molecule has 0 saturated heterocycles. The summed E-state index contributed by atoms with van der Waals surface area (Å²) in [4.78, 5) is 32.4. The predicted octanol–water partition coefficient (Wildman–Crippen LogP) is 3.93. The fourth-order valence-corrected chi connectivity index (χ4v) is 5.87. The molecule has 30 heavy (non-hydrogen) atoms. The maximum Gasteiger partial charge on any atom is 0.338 e. The van der Waals surface area contributed by atoms with Crippen LogP contribution in [0.2, 0.25) is 0 Å². The predicted molar refractivity (Wildman–Crippen MR) is 124 cm³/mol. The number of thiazole rings is 1. The molecule has 1 atom stereocenters. The normalized spacial score (nSPS) is 16.4. The Morgan fingerprint density at radius 1 is 1.20 bits per heavy atom. The Balaban J connectivity index is 1.96. The summed E-state index contributed by atoms with van der Waals surface area (Å²) in [5.74, 6) is -0.444. The molecule has 0 saturated carbocycles. The first-order chi connectivity index (χ1) is 14.4. The molecule has 2 aromatic heterocycles. The Kier molecular flexibility index (Phi) is 5.90. The molecular weight excluding hydrogens is 484 g/mol. The van der Waals surface area contributed by atoms with Crippen molar-refractivity contribution in [3.05, 3.63) is 87.1 Å². The van der Waals surface area contributed by atoms with Crippen LogP contribution >= 0.6 is 38.6 Å². The number of carbonyl (C=O) groups excluding carboxylic acids is 1. The van der Waals surface area contributed by atoms with Crippen LogP contribution in [0, 0.1) is 6.92 Å². The van der Waals surface area contributed by atoms with Crippen LogP contribution in [0.5, 0.6) is 0 Å². The van der Waals surface area contributed by atoms with Crippen LogP contribution in [0.1, 0.15) is 35.9 Å². The molecule has 0 fully saturated rings. The van der Waals surface area contributed by atoms with Gasteiger partial charge >= 0.3 is 5.97 Å². The summed E-state index contributed by atoms with van der Waals surface area (Å²) in [6, 6.07) is 11.2. The van der Waals surface area contributed by atoms with E-state index in [4.69, 9.17) is 4.74 Å². The van der Waals surface area contributed by atoms with Crippen LogP contribution in [0.15, 0.2) is 61.2 Å². The number of aryl methyl sites for hydroxylation is 1. The number of rotatable bonds is 4. The van der Waals surface area contributed by atoms with Crippen LogP contribution < -0.4 is 14.9 Å². The lowest BCUT2D eigenvalue weighted by Gasteiger charge is -2.24. The van der Waals surface area contributed by atoms with E-state index in [1.54, 1.807) is 29.8 Å². The van der Waals surface area contributed by atoms with Crippen LogP contribution in [-0.4, -0.2) is 17.1 Å². The van der Waals surface area contributed by atoms with Gasteiger partial charge in [-0.05, 0) is 60.5 Å². The van der Waals surface area contributed by atoms with E-state index in [1.165, 1.54) is 11.3 Å². The van der Waals surface area contributed by atoms with Crippen LogP contribution in [0.3, 0.4) is 0 Å². The molecule has 8 heteroatoms. The van der Waals surface area contributed by atoms with Crippen LogP contribution in [0.25, 0.3) is 6.08 Å². The summed E-state index contributed by atoms with van der Waals surface area (Å²) < 4.78 is 8.50. The second-order valence-corrected chi connectivity index (χ2v) is 10.4. The van der Waals surface area contributed by atoms with Crippen molar-refractivity contribution in [3.63, 3.8) is 0 Å². The van der Waals surface area contributed by atoms with Crippen LogP contribution in [-0.2, 0) is 9.53 Å². The lowest BCUT2D eigenvalue weighted by Crippen LogP contribution is -2.39. The molecule has 0 N–H and O–H groups in total. The summed E-state index contributed by atoms with van der Waals surface area (Å²) >= 11 is 6.34. The van der Waals surface area contributed by atoms with Gasteiger partial charge in [-0.3, -0.25) is 9.36 Å². The van der Waals surface area contributed by atoms with E-state index in [2.05, 4.69) is 20.9 Å². The van der Waals surface area contributed by atoms with Gasteiger partial charge in [-0.15, -0.1) is 11.3 Å². The highest BCUT2D eigenvalue weighted by Crippen LogP contribution is 2.31. The van der Waals surface area contributed by atoms with E-state index in [9.17, 15) is 9.59 Å². The van der Waals surface area contributed by atoms with Gasteiger partial charge in [0.1, 0.15) is 0 Å². The topological polar surface area (TPSA) is 60.7 Å². The zero-order chi connectivity index (χ0) is 21.4. The van der Waals surface area contributed by atoms with Gasteiger partial charge in [-0.2, -0.15) is 0 Å². The van der Waals surface area contributed by atoms with E-state index in [1.807, 2.05) is 49.4 Å². The van der Waals surface area contributed by atoms with Crippen molar-refractivity contribution in [2.24, 2.45) is 4.99 Å². The average Bonchev–Trinajstić information content (AvgIpc) is 3.24. The molecule has 3 heterocycles. The SMILES string of the molecule is CCOC(=O)C1=C(C)N=c2s/c(=C/c3ccc(Br)s3)c(=O)n2[C@@H]1c1ccc(C)cc1. The largest absolute Gasteiger partial charge is 0.463 e. The van der Waals surface area contributed by atoms with Crippen molar-refractivity contribution >= 4 is 50.6 Å². The Morgan fingerprint density at radius 3 is 2.57 bits per heavy atom. The van der Waals surface area contributed by atoms with E-state index in [-0.39, 0.29) is 12.2 Å². The third-order valence-corrected chi connectivity index (χ3v) is 7.33. The standard InChI is InChI=1S/C22H19BrN2O3S2/c1-4-28-21(27)18-13(3)24-22-25(19(18)14-7-5-12(2)6-8-14)20(26)16(30-22)11-15-9-10-17(23)29-15/h5-11,19H,4H2,1-3H3/b16-11+/t19-/m1/s1. The van der Waals surface area contributed by atoms with Crippen molar-refractivity contribution in [2.75, 3.05) is 6.61 Å². The number of hydrogen-bond donors (Lipinski definition) is 0. The molecule has 154 valence electrons. The minimum atomic E-state index is -0.571. The first-order valence-electron chi connectivity index (χ1n) is 9.40. The Bertz CT molecular complexity index is 1330. The molecule has 0 bridgehead atoms. The summed E-state index contributed by atoms with van der Waals surface area (Å²) in [5.41, 5.74) is 2.77. The number of allylic oxidation sites excluding steroid dienone is 1. The van der Waals surface area contributed by atoms with Crippen molar-refractivity contribution in [1.82, 2.24) is 4.57 Å². The maximum atomic E-state index is 13.4. The minimum Gasteiger partial charge on any atom is -0.463 e. The molecule has 0 radical (unpaired) electrons. The van der Waals surface area contributed by atoms with E-state index in [0.29, 0.717) is 20.6 Å². The second kappa shape index (κ2) is 8.45. The van der Waals surface area contributed by atoms with Gasteiger partial charge in [0.25, 0.3) is 5.56 Å². The molecule has 1 aliphatic rings. The Hall–Kier alpha value is -2.29. The number of nitrogens with zero attached hydrogens (tertiary/aromatic N) is 2. The minimum absolute atomic E-state index is 0.164. The van der Waals surface area contributed by atoms with Crippen molar-refractivity contribution in [3.8, 4) is 0 Å². The molecular formula is C22H19BrN2O3S2. The van der Waals surface area contributed by atoms with Gasteiger partial charge in [0, 0.05) is 4.88 Å². The van der Waals surface area contributed by atoms with Gasteiger partial charge in [0.05, 0.1) is 32.2 Å². The Morgan fingerprint density at radius 2 is 1.93 bits per heavy atom. The maximum absolute atomic E-state index is 13.4. The molecule has 0 aliphatic carbocycles. The molecule has 0 spiro atoms. The van der Waals surface area contributed by atoms with Gasteiger partial charge < -0.3 is 4.74 Å². The Labute approximate surface area is 189 Å². The van der Waals surface area contributed by atoms with E-state index in [0.717, 1.165) is 19.8 Å². The molecule has 3 aromatic rings. The van der Waals surface area contributed by atoms with Crippen molar-refractivity contribution in [2.45, 2.75) is 26.8 Å². The molecule has 4 rings (SSSR count). The van der Waals surface area contributed by atoms with E-state index < -0.39 is 12.0 Å². The summed E-state index contributed by atoms with van der Waals surface area (Å²) in [7, 11) is 0. The highest BCUT2D eigenvalue weighted by molar-refractivity contribution is 9.11. The van der Waals surface area contributed by atoms with Crippen molar-refractivity contribution < 1.29 is 9.53 Å². The van der Waals surface area contributed by atoms with E-state index >= 15 is 0 Å². The lowest BCUT2D eigenvalue weighted by atomic mass is 9.95. The smallest absolute Gasteiger partial charge is 0.338 e. The van der Waals surface area contributed by atoms with Crippen LogP contribution in [0.4, 0.5) is 0 Å². The first kappa shape index (κ1) is 21.0. The molecule has 1 aliphatic heterocycles. The number of esters is 1. The first-order valence-corrected chi connectivity index (χ1v) is 11.8. The number of halogens is 1. The zero-order valence-electron chi connectivity index (χ0n) is 16.6. The van der Waals surface area contributed by atoms with Gasteiger partial charge in [0.2, 0.25) is 0 Å². The third kappa shape index (κ3) is 3.87. The third-order valence-electron chi connectivity index (χ3n) is 4.78. The van der Waals surface area contributed by atoms with Gasteiger partial charge in [-0.25, -0.2) is 9.79 Å². The molecule has 5 nitrogen and oxygen atoms in total. The quantitative estimate of drug-likeness (QED) is 0.507. The molecule has 0 amide bonds. The number of ether oxygens (including phenoxy) is 1. The molecule has 0 unspecified atom stereocenters. The van der Waals surface area contributed by atoms with Crippen molar-refractivity contribution in [1.29, 1.82) is 0 Å². The number of fused-ring (bicyclic) bond motifs is 1. The number of carbonyl (C=O) groups is 1. The fraction of sp³-hybridized carbons (Fsp3) is 0.227. The summed E-state index contributed by atoms with van der Waals surface area (Å²) in [6.45, 7) is 5.82. The highest BCUT2D eigenvalue weighted by atomic mass is 79.9. The van der Waals surface area contributed by atoms with Gasteiger partial charge in [-0.1, -0.05) is 41.2 Å². The van der Waals surface area contributed by atoms with Gasteiger partial charge in [0.15, 0.2) is 4.80 Å². The lowest BCUT2D eigenvalue weighted by molar-refractivity contribution is -0.139. The fourth-order valence-electron chi connectivity index (χ4n) is 3.39. The summed E-state index contributed by atoms with van der Waals surface area (Å²) in [5, 5.41) is 0. The highest BCUT2D eigenvalue weighted by Gasteiger charge is 2.33. The number of hydrogen-bond acceptors (Lipinski definition) is 6.